The minimum atomic E-state index is -0.145. The second kappa shape index (κ2) is 8.15. The summed E-state index contributed by atoms with van der Waals surface area (Å²) < 4.78 is 5.85. The number of amides is 1. The molecule has 3 atom stereocenters. The third kappa shape index (κ3) is 4.55. The molecule has 4 nitrogen and oxygen atoms in total. The number of carbonyl (C=O) groups is 1. The topological polar surface area (TPSA) is 58.6 Å². The van der Waals surface area contributed by atoms with E-state index >= 15 is 0 Å². The standard InChI is InChI=1S/C17H25NO3/c1-13(9-10-19)12-18-17(20)15-8-5-11-21-16(15)14-6-3-2-4-7-14/h2-4,6-7,13,15-16,19H,5,8-12H2,1H3,(H,18,20). The SMILES string of the molecule is CC(CCO)CNC(=O)C1CCCOC1c1ccccc1. The predicted octanol–water partition coefficient (Wildman–Crippen LogP) is 2.29. The van der Waals surface area contributed by atoms with E-state index in [9.17, 15) is 4.79 Å². The van der Waals surface area contributed by atoms with Crippen molar-refractivity contribution in [2.24, 2.45) is 11.8 Å². The minimum absolute atomic E-state index is 0.0633. The Morgan fingerprint density at radius 2 is 2.19 bits per heavy atom. The number of hydrogen-bond donors (Lipinski definition) is 2. The summed E-state index contributed by atoms with van der Waals surface area (Å²) >= 11 is 0. The van der Waals surface area contributed by atoms with Gasteiger partial charge >= 0.3 is 0 Å². The van der Waals surface area contributed by atoms with Gasteiger partial charge in [-0.3, -0.25) is 4.79 Å². The van der Waals surface area contributed by atoms with Crippen molar-refractivity contribution in [2.75, 3.05) is 19.8 Å². The van der Waals surface area contributed by atoms with Crippen LogP contribution in [0.25, 0.3) is 0 Å². The van der Waals surface area contributed by atoms with Crippen LogP contribution < -0.4 is 5.32 Å². The smallest absolute Gasteiger partial charge is 0.226 e. The van der Waals surface area contributed by atoms with Gasteiger partial charge in [0.25, 0.3) is 0 Å². The number of rotatable bonds is 6. The molecule has 4 heteroatoms. The Morgan fingerprint density at radius 1 is 1.43 bits per heavy atom. The Balaban J connectivity index is 1.96. The monoisotopic (exact) mass is 291 g/mol. The highest BCUT2D eigenvalue weighted by molar-refractivity contribution is 5.79. The van der Waals surface area contributed by atoms with Gasteiger partial charge < -0.3 is 15.2 Å². The van der Waals surface area contributed by atoms with Crippen molar-refractivity contribution in [1.29, 1.82) is 0 Å². The Kier molecular flexibility index (Phi) is 6.21. The molecule has 0 radical (unpaired) electrons. The molecule has 0 spiro atoms. The van der Waals surface area contributed by atoms with E-state index in [-0.39, 0.29) is 24.5 Å². The predicted molar refractivity (Wildman–Crippen MR) is 81.7 cm³/mol. The first kappa shape index (κ1) is 16.0. The Labute approximate surface area is 126 Å². The van der Waals surface area contributed by atoms with E-state index in [1.807, 2.05) is 37.3 Å². The zero-order chi connectivity index (χ0) is 15.1. The summed E-state index contributed by atoms with van der Waals surface area (Å²) in [6.07, 6.45) is 2.35. The Morgan fingerprint density at radius 3 is 2.90 bits per heavy atom. The van der Waals surface area contributed by atoms with Crippen LogP contribution in [0.2, 0.25) is 0 Å². The average Bonchev–Trinajstić information content (AvgIpc) is 2.54. The quantitative estimate of drug-likeness (QED) is 0.845. The lowest BCUT2D eigenvalue weighted by Crippen LogP contribution is -2.39. The lowest BCUT2D eigenvalue weighted by atomic mass is 9.88. The van der Waals surface area contributed by atoms with Crippen LogP contribution in [-0.4, -0.2) is 30.8 Å². The second-order valence-electron chi connectivity index (χ2n) is 5.81. The fourth-order valence-corrected chi connectivity index (χ4v) is 2.75. The van der Waals surface area contributed by atoms with Gasteiger partial charge in [0, 0.05) is 19.8 Å². The molecular weight excluding hydrogens is 266 g/mol. The van der Waals surface area contributed by atoms with E-state index < -0.39 is 0 Å². The zero-order valence-electron chi connectivity index (χ0n) is 12.6. The van der Waals surface area contributed by atoms with E-state index in [2.05, 4.69) is 5.32 Å². The molecule has 2 N–H and O–H groups in total. The van der Waals surface area contributed by atoms with Gasteiger partial charge in [-0.25, -0.2) is 0 Å². The van der Waals surface area contributed by atoms with Gasteiger partial charge in [0.2, 0.25) is 5.91 Å². The molecule has 1 amide bonds. The Hall–Kier alpha value is -1.39. The molecule has 1 heterocycles. The van der Waals surface area contributed by atoms with E-state index in [0.29, 0.717) is 25.5 Å². The maximum Gasteiger partial charge on any atom is 0.226 e. The maximum absolute atomic E-state index is 12.4. The van der Waals surface area contributed by atoms with Crippen LogP contribution in [0.5, 0.6) is 0 Å². The van der Waals surface area contributed by atoms with Gasteiger partial charge in [-0.1, -0.05) is 37.3 Å². The molecule has 1 aromatic carbocycles. The molecule has 1 fully saturated rings. The third-order valence-electron chi connectivity index (χ3n) is 4.03. The van der Waals surface area contributed by atoms with Gasteiger partial charge in [-0.05, 0) is 30.7 Å². The van der Waals surface area contributed by atoms with Crippen LogP contribution in [0.15, 0.2) is 30.3 Å². The van der Waals surface area contributed by atoms with Crippen LogP contribution >= 0.6 is 0 Å². The van der Waals surface area contributed by atoms with Crippen LogP contribution in [-0.2, 0) is 9.53 Å². The molecule has 0 bridgehead atoms. The molecular formula is C17H25NO3. The van der Waals surface area contributed by atoms with Crippen LogP contribution in [0.3, 0.4) is 0 Å². The summed E-state index contributed by atoms with van der Waals surface area (Å²) in [5, 5.41) is 11.9. The number of nitrogens with one attached hydrogen (secondary N) is 1. The lowest BCUT2D eigenvalue weighted by molar-refractivity contribution is -0.134. The molecule has 0 saturated carbocycles. The van der Waals surface area contributed by atoms with Crippen molar-refractivity contribution < 1.29 is 14.6 Å². The number of aliphatic hydroxyl groups excluding tert-OH is 1. The first-order chi connectivity index (χ1) is 10.2. The average molecular weight is 291 g/mol. The zero-order valence-corrected chi connectivity index (χ0v) is 12.6. The molecule has 1 aliphatic heterocycles. The molecule has 21 heavy (non-hydrogen) atoms. The van der Waals surface area contributed by atoms with Crippen molar-refractivity contribution in [1.82, 2.24) is 5.32 Å². The first-order valence-electron chi connectivity index (χ1n) is 7.77. The number of aliphatic hydroxyl groups is 1. The highest BCUT2D eigenvalue weighted by Crippen LogP contribution is 2.33. The van der Waals surface area contributed by atoms with Crippen molar-refractivity contribution >= 4 is 5.91 Å². The summed E-state index contributed by atoms with van der Waals surface area (Å²) in [6, 6.07) is 9.96. The number of carbonyl (C=O) groups excluding carboxylic acids is 1. The van der Waals surface area contributed by atoms with E-state index in [4.69, 9.17) is 9.84 Å². The van der Waals surface area contributed by atoms with Crippen LogP contribution in [0.1, 0.15) is 37.9 Å². The van der Waals surface area contributed by atoms with E-state index in [1.54, 1.807) is 0 Å². The molecule has 3 unspecified atom stereocenters. The van der Waals surface area contributed by atoms with E-state index in [0.717, 1.165) is 18.4 Å². The molecule has 1 aromatic rings. The van der Waals surface area contributed by atoms with E-state index in [1.165, 1.54) is 0 Å². The summed E-state index contributed by atoms with van der Waals surface area (Å²) in [4.78, 5) is 12.4. The van der Waals surface area contributed by atoms with Crippen molar-refractivity contribution in [3.8, 4) is 0 Å². The van der Waals surface area contributed by atoms with Crippen molar-refractivity contribution in [2.45, 2.75) is 32.3 Å². The summed E-state index contributed by atoms with van der Waals surface area (Å²) in [5.74, 6) is 0.231. The molecule has 1 aliphatic rings. The summed E-state index contributed by atoms with van der Waals surface area (Å²) in [5.41, 5.74) is 1.07. The van der Waals surface area contributed by atoms with Crippen molar-refractivity contribution in [3.05, 3.63) is 35.9 Å². The molecule has 116 valence electrons. The fraction of sp³-hybridized carbons (Fsp3) is 0.588. The van der Waals surface area contributed by atoms with Crippen LogP contribution in [0, 0.1) is 11.8 Å². The highest BCUT2D eigenvalue weighted by Gasteiger charge is 2.32. The highest BCUT2D eigenvalue weighted by atomic mass is 16.5. The largest absolute Gasteiger partial charge is 0.396 e. The van der Waals surface area contributed by atoms with Gasteiger partial charge in [-0.15, -0.1) is 0 Å². The van der Waals surface area contributed by atoms with Crippen molar-refractivity contribution in [3.63, 3.8) is 0 Å². The number of ether oxygens (including phenoxy) is 1. The fourth-order valence-electron chi connectivity index (χ4n) is 2.75. The third-order valence-corrected chi connectivity index (χ3v) is 4.03. The normalized spacial score (nSPS) is 23.5. The molecule has 2 rings (SSSR count). The Bertz CT molecular complexity index is 435. The van der Waals surface area contributed by atoms with Gasteiger partial charge in [-0.2, -0.15) is 0 Å². The maximum atomic E-state index is 12.4. The number of hydrogen-bond acceptors (Lipinski definition) is 3. The lowest BCUT2D eigenvalue weighted by Gasteiger charge is -2.31. The van der Waals surface area contributed by atoms with Gasteiger partial charge in [0.1, 0.15) is 0 Å². The second-order valence-corrected chi connectivity index (χ2v) is 5.81. The molecule has 1 saturated heterocycles. The first-order valence-corrected chi connectivity index (χ1v) is 7.77. The van der Waals surface area contributed by atoms with Crippen LogP contribution in [0.4, 0.5) is 0 Å². The van der Waals surface area contributed by atoms with Gasteiger partial charge in [0.15, 0.2) is 0 Å². The molecule has 0 aliphatic carbocycles. The summed E-state index contributed by atoms with van der Waals surface area (Å²) in [7, 11) is 0. The number of benzene rings is 1. The summed E-state index contributed by atoms with van der Waals surface area (Å²) in [6.45, 7) is 3.51. The van der Waals surface area contributed by atoms with Gasteiger partial charge in [0.05, 0.1) is 12.0 Å². The minimum Gasteiger partial charge on any atom is -0.396 e. The molecule has 0 aromatic heterocycles.